The van der Waals surface area contributed by atoms with Gasteiger partial charge in [0, 0.05) is 17.5 Å². The summed E-state index contributed by atoms with van der Waals surface area (Å²) in [5.74, 6) is 0. The highest BCUT2D eigenvalue weighted by Gasteiger charge is 2.36. The van der Waals surface area contributed by atoms with E-state index in [0.717, 1.165) is 32.6 Å². The van der Waals surface area contributed by atoms with Crippen LogP contribution in [0.4, 0.5) is 0 Å². The predicted octanol–water partition coefficient (Wildman–Crippen LogP) is 1.16. The first-order valence-electron chi connectivity index (χ1n) is 5.53. The van der Waals surface area contributed by atoms with Gasteiger partial charge in [0.05, 0.1) is 19.8 Å². The molecule has 0 aromatic rings. The molecule has 0 radical (unpaired) electrons. The Balaban J connectivity index is 2.39. The fourth-order valence-corrected chi connectivity index (χ4v) is 1.73. The molecule has 1 aliphatic rings. The Morgan fingerprint density at radius 1 is 1.36 bits per heavy atom. The van der Waals surface area contributed by atoms with Crippen molar-refractivity contribution >= 4 is 0 Å². The summed E-state index contributed by atoms with van der Waals surface area (Å²) in [4.78, 5) is 0. The van der Waals surface area contributed by atoms with E-state index < -0.39 is 0 Å². The highest BCUT2D eigenvalue weighted by Crippen LogP contribution is 2.27. The van der Waals surface area contributed by atoms with Crippen LogP contribution in [0.1, 0.15) is 33.6 Å². The van der Waals surface area contributed by atoms with Gasteiger partial charge in [0.1, 0.15) is 0 Å². The molecule has 1 aliphatic heterocycles. The minimum atomic E-state index is -0.0847. The molecule has 3 nitrogen and oxygen atoms in total. The van der Waals surface area contributed by atoms with Gasteiger partial charge < -0.3 is 15.2 Å². The number of nitrogens with one attached hydrogen (secondary N) is 1. The Labute approximate surface area is 86.8 Å². The number of hydrogen-bond donors (Lipinski definition) is 2. The number of aliphatic hydroxyl groups excluding tert-OH is 1. The molecule has 1 rings (SSSR count). The van der Waals surface area contributed by atoms with Gasteiger partial charge in [-0.25, -0.2) is 0 Å². The summed E-state index contributed by atoms with van der Waals surface area (Å²) in [5, 5.41) is 12.9. The van der Waals surface area contributed by atoms with Crippen LogP contribution in [0.2, 0.25) is 0 Å². The Kier molecular flexibility index (Phi) is 3.93. The lowest BCUT2D eigenvalue weighted by molar-refractivity contribution is -0.103. The lowest BCUT2D eigenvalue weighted by atomic mass is 9.86. The van der Waals surface area contributed by atoms with Gasteiger partial charge in [-0.1, -0.05) is 20.8 Å². The number of rotatable bonds is 6. The second-order valence-electron chi connectivity index (χ2n) is 4.80. The van der Waals surface area contributed by atoms with Crippen molar-refractivity contribution in [2.45, 2.75) is 39.2 Å². The SMILES string of the molecule is CCC(CC)(CO)NCC1(C)COC1. The van der Waals surface area contributed by atoms with Crippen LogP contribution in [-0.4, -0.2) is 37.0 Å². The highest BCUT2D eigenvalue weighted by molar-refractivity contribution is 4.90. The first-order valence-corrected chi connectivity index (χ1v) is 5.53. The van der Waals surface area contributed by atoms with Gasteiger partial charge in [0.25, 0.3) is 0 Å². The summed E-state index contributed by atoms with van der Waals surface area (Å²) in [6.07, 6.45) is 1.94. The van der Waals surface area contributed by atoms with E-state index in [-0.39, 0.29) is 17.6 Å². The molecular formula is C11H23NO2. The zero-order valence-corrected chi connectivity index (χ0v) is 9.60. The molecule has 0 unspecified atom stereocenters. The molecule has 1 heterocycles. The molecule has 84 valence electrons. The van der Waals surface area contributed by atoms with Crippen LogP contribution in [0.5, 0.6) is 0 Å². The number of ether oxygens (including phenoxy) is 1. The van der Waals surface area contributed by atoms with Crippen molar-refractivity contribution in [3.05, 3.63) is 0 Å². The molecule has 14 heavy (non-hydrogen) atoms. The first kappa shape index (κ1) is 12.0. The van der Waals surface area contributed by atoms with Crippen LogP contribution in [-0.2, 0) is 4.74 Å². The molecule has 0 atom stereocenters. The molecule has 1 saturated heterocycles. The Morgan fingerprint density at radius 3 is 2.21 bits per heavy atom. The zero-order chi connectivity index (χ0) is 10.7. The van der Waals surface area contributed by atoms with Gasteiger partial charge in [-0.15, -0.1) is 0 Å². The summed E-state index contributed by atoms with van der Waals surface area (Å²) in [7, 11) is 0. The Hall–Kier alpha value is -0.120. The zero-order valence-electron chi connectivity index (χ0n) is 9.60. The van der Waals surface area contributed by atoms with E-state index in [1.807, 2.05) is 0 Å². The molecule has 0 saturated carbocycles. The summed E-state index contributed by atoms with van der Waals surface area (Å²) >= 11 is 0. The van der Waals surface area contributed by atoms with E-state index >= 15 is 0 Å². The van der Waals surface area contributed by atoms with Crippen molar-refractivity contribution in [3.8, 4) is 0 Å². The number of aliphatic hydroxyl groups is 1. The fourth-order valence-electron chi connectivity index (χ4n) is 1.73. The molecule has 2 N–H and O–H groups in total. The molecule has 0 aromatic carbocycles. The lowest BCUT2D eigenvalue weighted by Crippen LogP contribution is -2.55. The molecular weight excluding hydrogens is 178 g/mol. The lowest BCUT2D eigenvalue weighted by Gasteiger charge is -2.42. The maximum Gasteiger partial charge on any atom is 0.0613 e. The summed E-state index contributed by atoms with van der Waals surface area (Å²) in [6.45, 7) is 9.30. The molecule has 0 spiro atoms. The summed E-state index contributed by atoms with van der Waals surface area (Å²) < 4.78 is 5.20. The van der Waals surface area contributed by atoms with Crippen LogP contribution >= 0.6 is 0 Å². The van der Waals surface area contributed by atoms with Crippen LogP contribution in [0.3, 0.4) is 0 Å². The third-order valence-electron chi connectivity index (χ3n) is 3.45. The van der Waals surface area contributed by atoms with Crippen molar-refractivity contribution in [1.29, 1.82) is 0 Å². The second-order valence-corrected chi connectivity index (χ2v) is 4.80. The molecule has 1 fully saturated rings. The maximum absolute atomic E-state index is 9.37. The van der Waals surface area contributed by atoms with E-state index in [2.05, 4.69) is 26.1 Å². The molecule has 0 amide bonds. The largest absolute Gasteiger partial charge is 0.394 e. The third kappa shape index (κ3) is 2.47. The Morgan fingerprint density at radius 2 is 1.93 bits per heavy atom. The van der Waals surface area contributed by atoms with Crippen molar-refractivity contribution < 1.29 is 9.84 Å². The van der Waals surface area contributed by atoms with Gasteiger partial charge in [0.2, 0.25) is 0 Å². The average molecular weight is 201 g/mol. The van der Waals surface area contributed by atoms with Crippen LogP contribution in [0, 0.1) is 5.41 Å². The van der Waals surface area contributed by atoms with E-state index in [0.29, 0.717) is 0 Å². The quantitative estimate of drug-likeness (QED) is 0.677. The Bertz CT molecular complexity index is 166. The van der Waals surface area contributed by atoms with Gasteiger partial charge in [0.15, 0.2) is 0 Å². The van der Waals surface area contributed by atoms with E-state index in [4.69, 9.17) is 4.74 Å². The monoisotopic (exact) mass is 201 g/mol. The summed E-state index contributed by atoms with van der Waals surface area (Å²) in [6, 6.07) is 0. The molecule has 0 aromatic heterocycles. The third-order valence-corrected chi connectivity index (χ3v) is 3.45. The van der Waals surface area contributed by atoms with Crippen LogP contribution in [0.25, 0.3) is 0 Å². The molecule has 0 bridgehead atoms. The predicted molar refractivity (Wildman–Crippen MR) is 57.3 cm³/mol. The summed E-state index contributed by atoms with van der Waals surface area (Å²) in [5.41, 5.74) is 0.198. The van der Waals surface area contributed by atoms with Gasteiger partial charge >= 0.3 is 0 Å². The molecule has 3 heteroatoms. The fraction of sp³-hybridized carbons (Fsp3) is 1.00. The average Bonchev–Trinajstić information content (AvgIpc) is 2.18. The minimum Gasteiger partial charge on any atom is -0.394 e. The second kappa shape index (κ2) is 4.60. The van der Waals surface area contributed by atoms with Gasteiger partial charge in [-0.2, -0.15) is 0 Å². The van der Waals surface area contributed by atoms with Crippen LogP contribution in [0.15, 0.2) is 0 Å². The van der Waals surface area contributed by atoms with Crippen LogP contribution < -0.4 is 5.32 Å². The van der Waals surface area contributed by atoms with Crippen molar-refractivity contribution in [2.24, 2.45) is 5.41 Å². The van der Waals surface area contributed by atoms with Crippen molar-refractivity contribution in [2.75, 3.05) is 26.4 Å². The van der Waals surface area contributed by atoms with Gasteiger partial charge in [-0.3, -0.25) is 0 Å². The topological polar surface area (TPSA) is 41.5 Å². The minimum absolute atomic E-state index is 0.0847. The van der Waals surface area contributed by atoms with E-state index in [1.165, 1.54) is 0 Å². The highest BCUT2D eigenvalue weighted by atomic mass is 16.5. The van der Waals surface area contributed by atoms with Gasteiger partial charge in [-0.05, 0) is 12.8 Å². The first-order chi connectivity index (χ1) is 6.60. The normalized spacial score (nSPS) is 20.6. The van der Waals surface area contributed by atoms with Crippen molar-refractivity contribution in [1.82, 2.24) is 5.32 Å². The molecule has 0 aliphatic carbocycles. The standard InChI is InChI=1S/C11H23NO2/c1-4-11(5-2,7-13)12-6-10(3)8-14-9-10/h12-13H,4-9H2,1-3H3. The van der Waals surface area contributed by atoms with Crippen molar-refractivity contribution in [3.63, 3.8) is 0 Å². The van der Waals surface area contributed by atoms with E-state index in [9.17, 15) is 5.11 Å². The maximum atomic E-state index is 9.37. The van der Waals surface area contributed by atoms with E-state index in [1.54, 1.807) is 0 Å². The smallest absolute Gasteiger partial charge is 0.0613 e. The number of hydrogen-bond acceptors (Lipinski definition) is 3.